The molecule has 5 heteroatoms. The van der Waals surface area contributed by atoms with Gasteiger partial charge in [-0.25, -0.2) is 0 Å². The smallest absolute Gasteiger partial charge is 0.213 e. The van der Waals surface area contributed by atoms with E-state index < -0.39 is 12.1 Å². The molecule has 0 spiro atoms. The van der Waals surface area contributed by atoms with E-state index in [0.29, 0.717) is 11.1 Å². The molecule has 1 rings (SSSR count). The normalized spacial score (nSPS) is 10.7. The van der Waals surface area contributed by atoms with Crippen molar-refractivity contribution in [2.24, 2.45) is 0 Å². The number of phenols is 1. The molecule has 15 heavy (non-hydrogen) atoms. The minimum atomic E-state index is -1.99. The predicted molar refractivity (Wildman–Crippen MR) is 51.0 cm³/mol. The molecule has 0 aliphatic rings. The summed E-state index contributed by atoms with van der Waals surface area (Å²) in [5, 5.41) is 35.2. The van der Waals surface area contributed by atoms with Crippen molar-refractivity contribution in [3.05, 3.63) is 29.3 Å². The Morgan fingerprint density at radius 2 is 2.00 bits per heavy atom. The average molecular weight is 212 g/mol. The van der Waals surface area contributed by atoms with Crippen LogP contribution >= 0.6 is 0 Å². The molecule has 0 heterocycles. The summed E-state index contributed by atoms with van der Waals surface area (Å²) < 4.78 is 0. The summed E-state index contributed by atoms with van der Waals surface area (Å²) in [7, 11) is 0. The van der Waals surface area contributed by atoms with Gasteiger partial charge in [-0.05, 0) is 17.7 Å². The van der Waals surface area contributed by atoms with Crippen LogP contribution in [0.3, 0.4) is 0 Å². The molecule has 0 fully saturated rings. The van der Waals surface area contributed by atoms with Crippen LogP contribution < -0.4 is 0 Å². The fraction of sp³-hybridized carbons (Fsp3) is 0.300. The largest absolute Gasteiger partial charge is 0.508 e. The van der Waals surface area contributed by atoms with E-state index in [1.165, 1.54) is 18.2 Å². The highest BCUT2D eigenvalue weighted by atomic mass is 16.5. The lowest BCUT2D eigenvalue weighted by atomic mass is 10.1. The summed E-state index contributed by atoms with van der Waals surface area (Å²) in [5.41, 5.74) is 0.808. The molecular weight excluding hydrogens is 200 g/mol. The predicted octanol–water partition coefficient (Wildman–Crippen LogP) is -0.693. The second-order valence-electron chi connectivity index (χ2n) is 3.14. The minimum absolute atomic E-state index is 0.0572. The Morgan fingerprint density at radius 3 is 2.53 bits per heavy atom. The van der Waals surface area contributed by atoms with Crippen LogP contribution in [0, 0.1) is 0 Å². The highest BCUT2D eigenvalue weighted by molar-refractivity contribution is 5.83. The molecule has 0 atom stereocenters. The first-order valence-corrected chi connectivity index (χ1v) is 4.35. The van der Waals surface area contributed by atoms with Crippen molar-refractivity contribution in [1.82, 2.24) is 0 Å². The number of benzene rings is 1. The van der Waals surface area contributed by atoms with Crippen molar-refractivity contribution in [2.45, 2.75) is 19.3 Å². The average Bonchev–Trinajstić information content (AvgIpc) is 2.20. The van der Waals surface area contributed by atoms with Gasteiger partial charge in [-0.3, -0.25) is 4.79 Å². The van der Waals surface area contributed by atoms with Gasteiger partial charge in [0.15, 0.2) is 5.78 Å². The van der Waals surface area contributed by atoms with Gasteiger partial charge >= 0.3 is 0 Å². The van der Waals surface area contributed by atoms with E-state index in [4.69, 9.17) is 15.3 Å². The number of ketones is 1. The van der Waals surface area contributed by atoms with Crippen LogP contribution in [0.2, 0.25) is 0 Å². The van der Waals surface area contributed by atoms with E-state index in [9.17, 15) is 9.90 Å². The molecule has 4 N–H and O–H groups in total. The first-order chi connectivity index (χ1) is 7.04. The molecule has 0 aliphatic carbocycles. The molecule has 5 nitrogen and oxygen atoms in total. The Bertz CT molecular complexity index is 359. The number of aliphatic hydroxyl groups excluding tert-OH is 2. The van der Waals surface area contributed by atoms with Gasteiger partial charge in [-0.15, -0.1) is 0 Å². The number of aliphatic hydroxyl groups is 3. The minimum Gasteiger partial charge on any atom is -0.508 e. The standard InChI is InChI=1S/C10H12O5/c11-5-7-3-6(1-2-8(7)12)4-9(13)10(14)15/h1-3,10-12,14-15H,4-5H2. The first-order valence-electron chi connectivity index (χ1n) is 4.35. The second-order valence-corrected chi connectivity index (χ2v) is 3.14. The molecule has 82 valence electrons. The van der Waals surface area contributed by atoms with Gasteiger partial charge in [0.05, 0.1) is 6.61 Å². The third-order valence-corrected chi connectivity index (χ3v) is 1.98. The van der Waals surface area contributed by atoms with E-state index in [0.717, 1.165) is 0 Å². The lowest BCUT2D eigenvalue weighted by Crippen LogP contribution is -2.21. The highest BCUT2D eigenvalue weighted by Crippen LogP contribution is 2.18. The zero-order valence-corrected chi connectivity index (χ0v) is 7.92. The fourth-order valence-corrected chi connectivity index (χ4v) is 1.17. The zero-order valence-electron chi connectivity index (χ0n) is 7.92. The number of aromatic hydroxyl groups is 1. The Labute approximate surface area is 86.2 Å². The van der Waals surface area contributed by atoms with Crippen LogP contribution in [-0.2, 0) is 17.8 Å². The van der Waals surface area contributed by atoms with Crippen LogP contribution in [0.5, 0.6) is 5.75 Å². The van der Waals surface area contributed by atoms with Crippen LogP contribution in [0.1, 0.15) is 11.1 Å². The molecular formula is C10H12O5. The first kappa shape index (κ1) is 11.6. The SMILES string of the molecule is O=C(Cc1ccc(O)c(CO)c1)C(O)O. The van der Waals surface area contributed by atoms with Crippen LogP contribution in [0.4, 0.5) is 0 Å². The van der Waals surface area contributed by atoms with Gasteiger partial charge in [0.25, 0.3) is 0 Å². The lowest BCUT2D eigenvalue weighted by molar-refractivity contribution is -0.144. The number of Topliss-reactive ketones (excluding diaryl/α,β-unsaturated/α-hetero) is 1. The Hall–Kier alpha value is -1.43. The lowest BCUT2D eigenvalue weighted by Gasteiger charge is -2.06. The topological polar surface area (TPSA) is 98.0 Å². The van der Waals surface area contributed by atoms with Crippen LogP contribution in [-0.4, -0.2) is 32.5 Å². The van der Waals surface area contributed by atoms with Gasteiger partial charge in [0, 0.05) is 12.0 Å². The van der Waals surface area contributed by atoms with Crippen LogP contribution in [0.25, 0.3) is 0 Å². The maximum absolute atomic E-state index is 11.0. The molecule has 1 aromatic carbocycles. The van der Waals surface area contributed by atoms with Crippen molar-refractivity contribution in [3.8, 4) is 5.75 Å². The van der Waals surface area contributed by atoms with Crippen molar-refractivity contribution >= 4 is 5.78 Å². The molecule has 0 amide bonds. The molecule has 0 radical (unpaired) electrons. The molecule has 0 saturated heterocycles. The summed E-state index contributed by atoms with van der Waals surface area (Å²) in [6.45, 7) is -0.338. The molecule has 0 aromatic heterocycles. The van der Waals surface area contributed by atoms with Gasteiger partial charge in [-0.2, -0.15) is 0 Å². The number of hydrogen-bond donors (Lipinski definition) is 4. The van der Waals surface area contributed by atoms with E-state index in [2.05, 4.69) is 0 Å². The summed E-state index contributed by atoms with van der Waals surface area (Å²) in [6, 6.07) is 4.27. The van der Waals surface area contributed by atoms with E-state index in [1.807, 2.05) is 0 Å². The van der Waals surface area contributed by atoms with E-state index in [-0.39, 0.29) is 18.8 Å². The number of carbonyl (C=O) groups is 1. The summed E-state index contributed by atoms with van der Waals surface area (Å²) in [4.78, 5) is 11.0. The van der Waals surface area contributed by atoms with E-state index in [1.54, 1.807) is 0 Å². The van der Waals surface area contributed by atoms with Crippen molar-refractivity contribution < 1.29 is 25.2 Å². The fourth-order valence-electron chi connectivity index (χ4n) is 1.17. The van der Waals surface area contributed by atoms with Crippen LogP contribution in [0.15, 0.2) is 18.2 Å². The maximum Gasteiger partial charge on any atom is 0.213 e. The molecule has 0 aliphatic heterocycles. The van der Waals surface area contributed by atoms with Gasteiger partial charge in [0.1, 0.15) is 5.75 Å². The molecule has 0 bridgehead atoms. The quantitative estimate of drug-likeness (QED) is 0.495. The Kier molecular flexibility index (Phi) is 3.79. The Morgan fingerprint density at radius 1 is 1.33 bits per heavy atom. The van der Waals surface area contributed by atoms with Crippen molar-refractivity contribution in [1.29, 1.82) is 0 Å². The molecule has 0 saturated carbocycles. The van der Waals surface area contributed by atoms with E-state index >= 15 is 0 Å². The van der Waals surface area contributed by atoms with Gasteiger partial charge in [0.2, 0.25) is 6.29 Å². The van der Waals surface area contributed by atoms with Crippen molar-refractivity contribution in [3.63, 3.8) is 0 Å². The second kappa shape index (κ2) is 4.88. The third-order valence-electron chi connectivity index (χ3n) is 1.98. The highest BCUT2D eigenvalue weighted by Gasteiger charge is 2.12. The number of carbonyl (C=O) groups excluding carboxylic acids is 1. The summed E-state index contributed by atoms with van der Waals surface area (Å²) >= 11 is 0. The molecule has 0 unspecified atom stereocenters. The summed E-state index contributed by atoms with van der Waals surface area (Å²) in [6.07, 6.45) is -2.14. The number of rotatable bonds is 4. The van der Waals surface area contributed by atoms with Gasteiger partial charge in [-0.1, -0.05) is 6.07 Å². The number of hydrogen-bond acceptors (Lipinski definition) is 5. The van der Waals surface area contributed by atoms with Gasteiger partial charge < -0.3 is 20.4 Å². The maximum atomic E-state index is 11.0. The summed E-state index contributed by atoms with van der Waals surface area (Å²) in [5.74, 6) is -0.789. The monoisotopic (exact) mass is 212 g/mol. The Balaban J connectivity index is 2.83. The molecule has 1 aromatic rings. The van der Waals surface area contributed by atoms with Crippen molar-refractivity contribution in [2.75, 3.05) is 0 Å². The zero-order chi connectivity index (χ0) is 11.4. The third kappa shape index (κ3) is 3.02.